The van der Waals surface area contributed by atoms with E-state index in [1.165, 1.54) is 0 Å². The highest BCUT2D eigenvalue weighted by atomic mass is 16.3. The summed E-state index contributed by atoms with van der Waals surface area (Å²) in [4.78, 5) is 0. The van der Waals surface area contributed by atoms with Gasteiger partial charge < -0.3 is 15.7 Å². The molecule has 0 aliphatic carbocycles. The zero-order valence-corrected chi connectivity index (χ0v) is 11.8. The molecule has 2 rings (SSSR count). The van der Waals surface area contributed by atoms with Crippen LogP contribution in [-0.2, 0) is 0 Å². The average molecular weight is 270 g/mol. The Bertz CT molecular complexity index is 487. The van der Waals surface area contributed by atoms with Crippen molar-refractivity contribution in [3.63, 3.8) is 0 Å². The van der Waals surface area contributed by atoms with Crippen LogP contribution in [0.5, 0.6) is 0 Å². The van der Waals surface area contributed by atoms with Gasteiger partial charge in [0, 0.05) is 13.1 Å². The summed E-state index contributed by atoms with van der Waals surface area (Å²) in [5.41, 5.74) is 2.03. The molecule has 0 radical (unpaired) electrons. The van der Waals surface area contributed by atoms with Gasteiger partial charge in [0.05, 0.1) is 12.1 Å². The summed E-state index contributed by atoms with van der Waals surface area (Å²) >= 11 is 0. The predicted molar refractivity (Wildman–Crippen MR) is 82.5 cm³/mol. The van der Waals surface area contributed by atoms with Crippen molar-refractivity contribution in [3.8, 4) is 0 Å². The van der Waals surface area contributed by atoms with Gasteiger partial charge in [0.25, 0.3) is 0 Å². The van der Waals surface area contributed by atoms with E-state index < -0.39 is 6.10 Å². The number of hydrogen-bond donors (Lipinski definition) is 3. The molecule has 0 unspecified atom stereocenters. The summed E-state index contributed by atoms with van der Waals surface area (Å²) in [5.74, 6) is 0. The van der Waals surface area contributed by atoms with E-state index in [-0.39, 0.29) is 6.04 Å². The van der Waals surface area contributed by atoms with Gasteiger partial charge in [-0.25, -0.2) is 0 Å². The number of hydrogen-bond acceptors (Lipinski definition) is 3. The van der Waals surface area contributed by atoms with Crippen molar-refractivity contribution in [3.05, 3.63) is 71.8 Å². The standard InChI is InChI=1S/C17H22N2O/c1-18-12-13-19-16(14-8-4-2-5-9-14)17(20)15-10-6-3-7-11-15/h2-11,16-20H,12-13H2,1H3/t16-,17-/m0/s1. The molecular weight excluding hydrogens is 248 g/mol. The highest BCUT2D eigenvalue weighted by molar-refractivity contribution is 5.26. The second-order valence-corrected chi connectivity index (χ2v) is 4.80. The van der Waals surface area contributed by atoms with Crippen LogP contribution in [0.4, 0.5) is 0 Å². The summed E-state index contributed by atoms with van der Waals surface area (Å²) < 4.78 is 0. The summed E-state index contributed by atoms with van der Waals surface area (Å²) in [6.45, 7) is 1.67. The molecule has 0 amide bonds. The quantitative estimate of drug-likeness (QED) is 0.676. The Morgan fingerprint density at radius 3 is 1.95 bits per heavy atom. The van der Waals surface area contributed by atoms with Crippen LogP contribution < -0.4 is 10.6 Å². The second-order valence-electron chi connectivity index (χ2n) is 4.80. The molecule has 2 atom stereocenters. The Morgan fingerprint density at radius 1 is 0.850 bits per heavy atom. The van der Waals surface area contributed by atoms with Crippen LogP contribution >= 0.6 is 0 Å². The van der Waals surface area contributed by atoms with Gasteiger partial charge in [0.1, 0.15) is 0 Å². The van der Waals surface area contributed by atoms with Gasteiger partial charge >= 0.3 is 0 Å². The Labute approximate surface area is 120 Å². The summed E-state index contributed by atoms with van der Waals surface area (Å²) in [6.07, 6.45) is -0.560. The SMILES string of the molecule is CNCCN[C@@H](c1ccccc1)[C@@H](O)c1ccccc1. The van der Waals surface area contributed by atoms with Crippen molar-refractivity contribution in [1.29, 1.82) is 0 Å². The lowest BCUT2D eigenvalue weighted by Gasteiger charge is -2.25. The second kappa shape index (κ2) is 7.80. The minimum Gasteiger partial charge on any atom is -0.386 e. The lowest BCUT2D eigenvalue weighted by Crippen LogP contribution is -2.32. The predicted octanol–water partition coefficient (Wildman–Crippen LogP) is 2.27. The van der Waals surface area contributed by atoms with E-state index in [1.54, 1.807) is 0 Å². The largest absolute Gasteiger partial charge is 0.386 e. The summed E-state index contributed by atoms with van der Waals surface area (Å²) in [7, 11) is 1.92. The summed E-state index contributed by atoms with van der Waals surface area (Å²) in [5, 5.41) is 17.2. The van der Waals surface area contributed by atoms with Crippen molar-refractivity contribution in [1.82, 2.24) is 10.6 Å². The molecule has 2 aromatic rings. The first-order chi connectivity index (χ1) is 9.83. The maximum absolute atomic E-state index is 10.7. The Balaban J connectivity index is 2.17. The first kappa shape index (κ1) is 14.7. The number of nitrogens with one attached hydrogen (secondary N) is 2. The molecule has 20 heavy (non-hydrogen) atoms. The van der Waals surface area contributed by atoms with Crippen LogP contribution in [0.2, 0.25) is 0 Å². The van der Waals surface area contributed by atoms with E-state index in [1.807, 2.05) is 67.7 Å². The van der Waals surface area contributed by atoms with E-state index in [0.717, 1.165) is 24.2 Å². The molecule has 0 saturated heterocycles. The van der Waals surface area contributed by atoms with Crippen molar-refractivity contribution < 1.29 is 5.11 Å². The third-order valence-electron chi connectivity index (χ3n) is 3.35. The van der Waals surface area contributed by atoms with Crippen molar-refractivity contribution in [2.75, 3.05) is 20.1 Å². The van der Waals surface area contributed by atoms with Gasteiger partial charge in [-0.05, 0) is 18.2 Å². The molecule has 2 aromatic carbocycles. The number of rotatable bonds is 7. The van der Waals surface area contributed by atoms with E-state index >= 15 is 0 Å². The van der Waals surface area contributed by atoms with Gasteiger partial charge in [-0.1, -0.05) is 60.7 Å². The van der Waals surface area contributed by atoms with E-state index in [9.17, 15) is 5.11 Å². The fourth-order valence-corrected chi connectivity index (χ4v) is 2.27. The molecule has 0 aromatic heterocycles. The molecule has 3 nitrogen and oxygen atoms in total. The molecule has 0 fully saturated rings. The molecule has 0 saturated carbocycles. The van der Waals surface area contributed by atoms with Crippen LogP contribution in [0.1, 0.15) is 23.3 Å². The average Bonchev–Trinajstić information content (AvgIpc) is 2.53. The first-order valence-electron chi connectivity index (χ1n) is 6.99. The van der Waals surface area contributed by atoms with E-state index in [2.05, 4.69) is 10.6 Å². The third-order valence-corrected chi connectivity index (χ3v) is 3.35. The lowest BCUT2D eigenvalue weighted by atomic mass is 9.96. The minimum absolute atomic E-state index is 0.105. The smallest absolute Gasteiger partial charge is 0.0984 e. The zero-order chi connectivity index (χ0) is 14.2. The van der Waals surface area contributed by atoms with E-state index in [0.29, 0.717) is 0 Å². The van der Waals surface area contributed by atoms with Crippen LogP contribution in [-0.4, -0.2) is 25.2 Å². The van der Waals surface area contributed by atoms with E-state index in [4.69, 9.17) is 0 Å². The Kier molecular flexibility index (Phi) is 5.74. The first-order valence-corrected chi connectivity index (χ1v) is 6.99. The van der Waals surface area contributed by atoms with Gasteiger partial charge in [0.15, 0.2) is 0 Å². The molecule has 0 aliphatic heterocycles. The van der Waals surface area contributed by atoms with Gasteiger partial charge in [-0.2, -0.15) is 0 Å². The molecule has 0 heterocycles. The van der Waals surface area contributed by atoms with Crippen molar-refractivity contribution in [2.45, 2.75) is 12.1 Å². The Morgan fingerprint density at radius 2 is 1.40 bits per heavy atom. The molecule has 106 valence electrons. The van der Waals surface area contributed by atoms with Gasteiger partial charge in [0.2, 0.25) is 0 Å². The maximum Gasteiger partial charge on any atom is 0.0984 e. The third kappa shape index (κ3) is 3.90. The zero-order valence-electron chi connectivity index (χ0n) is 11.8. The van der Waals surface area contributed by atoms with Gasteiger partial charge in [-0.3, -0.25) is 0 Å². The molecular formula is C17H22N2O. The fourth-order valence-electron chi connectivity index (χ4n) is 2.27. The highest BCUT2D eigenvalue weighted by Crippen LogP contribution is 2.28. The molecule has 0 bridgehead atoms. The van der Waals surface area contributed by atoms with Crippen LogP contribution in [0, 0.1) is 0 Å². The van der Waals surface area contributed by atoms with Crippen molar-refractivity contribution >= 4 is 0 Å². The summed E-state index contributed by atoms with van der Waals surface area (Å²) in [6, 6.07) is 19.8. The molecule has 0 aliphatic rings. The minimum atomic E-state index is -0.560. The fraction of sp³-hybridized carbons (Fsp3) is 0.294. The topological polar surface area (TPSA) is 44.3 Å². The number of aliphatic hydroxyl groups is 1. The normalized spacial score (nSPS) is 13.9. The number of aliphatic hydroxyl groups excluding tert-OH is 1. The number of benzene rings is 2. The maximum atomic E-state index is 10.7. The van der Waals surface area contributed by atoms with Crippen LogP contribution in [0.15, 0.2) is 60.7 Å². The van der Waals surface area contributed by atoms with Crippen LogP contribution in [0.25, 0.3) is 0 Å². The lowest BCUT2D eigenvalue weighted by molar-refractivity contribution is 0.129. The number of likely N-dealkylation sites (N-methyl/N-ethyl adjacent to an activating group) is 1. The monoisotopic (exact) mass is 270 g/mol. The molecule has 3 N–H and O–H groups in total. The Hall–Kier alpha value is -1.68. The van der Waals surface area contributed by atoms with Crippen molar-refractivity contribution in [2.24, 2.45) is 0 Å². The van der Waals surface area contributed by atoms with Gasteiger partial charge in [-0.15, -0.1) is 0 Å². The molecule has 0 spiro atoms. The van der Waals surface area contributed by atoms with Crippen LogP contribution in [0.3, 0.4) is 0 Å². The highest BCUT2D eigenvalue weighted by Gasteiger charge is 2.21. The molecule has 3 heteroatoms.